The standard InChI is InChI=1S/C12H14INO3/c1-11(13)3-2-8(6-9(11)15)14-7-12(4-5-12)17-10(14)16/h2,6,15H,3-5,7H2,1H3. The van der Waals surface area contributed by atoms with E-state index in [1.165, 1.54) is 0 Å². The molecule has 92 valence electrons. The van der Waals surface area contributed by atoms with Crippen LogP contribution in [0.15, 0.2) is 23.6 Å². The summed E-state index contributed by atoms with van der Waals surface area (Å²) >= 11 is 2.22. The molecule has 5 heteroatoms. The zero-order valence-electron chi connectivity index (χ0n) is 9.57. The first kappa shape index (κ1) is 11.4. The van der Waals surface area contributed by atoms with Gasteiger partial charge in [-0.25, -0.2) is 4.79 Å². The average Bonchev–Trinajstić information content (AvgIpc) is 2.90. The number of carbonyl (C=O) groups is 1. The molecule has 1 amide bonds. The highest BCUT2D eigenvalue weighted by Crippen LogP contribution is 2.46. The first-order valence-electron chi connectivity index (χ1n) is 5.73. The van der Waals surface area contributed by atoms with E-state index in [1.807, 2.05) is 13.0 Å². The second-order valence-corrected chi connectivity index (χ2v) is 7.58. The van der Waals surface area contributed by atoms with E-state index >= 15 is 0 Å². The number of hydrogen-bond acceptors (Lipinski definition) is 3. The Balaban J connectivity index is 1.83. The minimum absolute atomic E-state index is 0.216. The molecule has 1 unspecified atom stereocenters. The molecule has 1 atom stereocenters. The van der Waals surface area contributed by atoms with Crippen LogP contribution in [0.4, 0.5) is 4.79 Å². The number of halogens is 1. The number of aliphatic hydroxyl groups excluding tert-OH is 1. The highest BCUT2D eigenvalue weighted by molar-refractivity contribution is 14.1. The second-order valence-electron chi connectivity index (χ2n) is 5.20. The van der Waals surface area contributed by atoms with E-state index in [-0.39, 0.29) is 15.1 Å². The Hall–Kier alpha value is -0.720. The number of rotatable bonds is 1. The Morgan fingerprint density at radius 1 is 1.53 bits per heavy atom. The first-order chi connectivity index (χ1) is 7.92. The fourth-order valence-electron chi connectivity index (χ4n) is 2.16. The lowest BCUT2D eigenvalue weighted by molar-refractivity contribution is 0.124. The quantitative estimate of drug-likeness (QED) is 0.586. The normalized spacial score (nSPS) is 34.5. The van der Waals surface area contributed by atoms with E-state index in [9.17, 15) is 9.90 Å². The summed E-state index contributed by atoms with van der Waals surface area (Å²) in [6.45, 7) is 2.59. The summed E-state index contributed by atoms with van der Waals surface area (Å²) in [5.74, 6) is 0.320. The molecular weight excluding hydrogens is 333 g/mol. The third kappa shape index (κ3) is 1.84. The van der Waals surface area contributed by atoms with E-state index in [0.29, 0.717) is 12.3 Å². The van der Waals surface area contributed by atoms with E-state index < -0.39 is 0 Å². The largest absolute Gasteiger partial charge is 0.511 e. The van der Waals surface area contributed by atoms with Gasteiger partial charge in [0, 0.05) is 11.8 Å². The van der Waals surface area contributed by atoms with Gasteiger partial charge < -0.3 is 9.84 Å². The molecule has 0 aromatic rings. The lowest BCUT2D eigenvalue weighted by Gasteiger charge is -2.27. The molecule has 4 nitrogen and oxygen atoms in total. The van der Waals surface area contributed by atoms with Crippen LogP contribution >= 0.6 is 22.6 Å². The van der Waals surface area contributed by atoms with Crippen LogP contribution in [0.25, 0.3) is 0 Å². The van der Waals surface area contributed by atoms with Crippen molar-refractivity contribution in [2.75, 3.05) is 6.54 Å². The van der Waals surface area contributed by atoms with Gasteiger partial charge in [-0.15, -0.1) is 0 Å². The van der Waals surface area contributed by atoms with Crippen molar-refractivity contribution in [2.45, 2.75) is 35.2 Å². The van der Waals surface area contributed by atoms with Crippen LogP contribution in [-0.2, 0) is 4.74 Å². The van der Waals surface area contributed by atoms with E-state index in [1.54, 1.807) is 11.0 Å². The molecule has 0 bridgehead atoms. The summed E-state index contributed by atoms with van der Waals surface area (Å²) < 4.78 is 5.08. The molecule has 2 fully saturated rings. The van der Waals surface area contributed by atoms with Crippen molar-refractivity contribution in [1.82, 2.24) is 4.90 Å². The Labute approximate surface area is 113 Å². The fraction of sp³-hybridized carbons (Fsp3) is 0.583. The SMILES string of the molecule is CC1(I)CC=C(N2CC3(CC3)OC2=O)C=C1O. The lowest BCUT2D eigenvalue weighted by atomic mass is 9.98. The number of carbonyl (C=O) groups excluding carboxylic acids is 1. The molecule has 1 N–H and O–H groups in total. The molecule has 17 heavy (non-hydrogen) atoms. The highest BCUT2D eigenvalue weighted by Gasteiger charge is 2.55. The van der Waals surface area contributed by atoms with Crippen LogP contribution in [0.3, 0.4) is 0 Å². The minimum Gasteiger partial charge on any atom is -0.511 e. The van der Waals surface area contributed by atoms with Crippen molar-refractivity contribution >= 4 is 28.7 Å². The highest BCUT2D eigenvalue weighted by atomic mass is 127. The maximum absolute atomic E-state index is 11.7. The molecule has 0 aromatic carbocycles. The molecule has 3 aliphatic rings. The molecule has 1 saturated carbocycles. The zero-order chi connectivity index (χ0) is 12.3. The maximum Gasteiger partial charge on any atom is 0.415 e. The van der Waals surface area contributed by atoms with Crippen molar-refractivity contribution in [2.24, 2.45) is 0 Å². The zero-order valence-corrected chi connectivity index (χ0v) is 11.7. The van der Waals surface area contributed by atoms with Gasteiger partial charge in [-0.1, -0.05) is 28.7 Å². The van der Waals surface area contributed by atoms with Crippen molar-refractivity contribution in [3.05, 3.63) is 23.6 Å². The smallest absolute Gasteiger partial charge is 0.415 e. The van der Waals surface area contributed by atoms with Gasteiger partial charge >= 0.3 is 6.09 Å². The molecule has 0 radical (unpaired) electrons. The van der Waals surface area contributed by atoms with E-state index in [0.717, 1.165) is 25.0 Å². The topological polar surface area (TPSA) is 49.8 Å². The van der Waals surface area contributed by atoms with Crippen LogP contribution in [0.5, 0.6) is 0 Å². The lowest BCUT2D eigenvalue weighted by Crippen LogP contribution is -2.29. The van der Waals surface area contributed by atoms with Crippen LogP contribution in [0, 0.1) is 0 Å². The molecule has 3 rings (SSSR count). The van der Waals surface area contributed by atoms with Gasteiger partial charge in [0.15, 0.2) is 0 Å². The summed E-state index contributed by atoms with van der Waals surface area (Å²) in [5, 5.41) is 9.93. The van der Waals surface area contributed by atoms with Gasteiger partial charge in [0.25, 0.3) is 0 Å². The van der Waals surface area contributed by atoms with Gasteiger partial charge in [-0.05, 0) is 26.2 Å². The Morgan fingerprint density at radius 2 is 2.24 bits per heavy atom. The molecule has 1 spiro atoms. The van der Waals surface area contributed by atoms with Gasteiger partial charge in [0.05, 0.1) is 9.97 Å². The summed E-state index contributed by atoms with van der Waals surface area (Å²) in [4.78, 5) is 13.4. The molecular formula is C12H14INO3. The van der Waals surface area contributed by atoms with Gasteiger partial charge in [-0.2, -0.15) is 0 Å². The molecule has 1 heterocycles. The van der Waals surface area contributed by atoms with Crippen molar-refractivity contribution in [3.8, 4) is 0 Å². The monoisotopic (exact) mass is 347 g/mol. The third-order valence-corrected chi connectivity index (χ3v) is 4.60. The number of amides is 1. The third-order valence-electron chi connectivity index (χ3n) is 3.60. The molecule has 1 saturated heterocycles. The maximum atomic E-state index is 11.7. The van der Waals surface area contributed by atoms with Crippen molar-refractivity contribution in [1.29, 1.82) is 0 Å². The number of ether oxygens (including phenoxy) is 1. The summed E-state index contributed by atoms with van der Waals surface area (Å²) in [5.41, 5.74) is 0.553. The molecule has 2 aliphatic carbocycles. The predicted octanol–water partition coefficient (Wildman–Crippen LogP) is 2.89. The summed E-state index contributed by atoms with van der Waals surface area (Å²) in [6, 6.07) is 0. The molecule has 0 aromatic heterocycles. The van der Waals surface area contributed by atoms with Gasteiger partial charge in [-0.3, -0.25) is 4.90 Å². The van der Waals surface area contributed by atoms with Crippen LogP contribution in [0.2, 0.25) is 0 Å². The van der Waals surface area contributed by atoms with Crippen LogP contribution in [0.1, 0.15) is 26.2 Å². The number of aliphatic hydroxyl groups is 1. The Morgan fingerprint density at radius 3 is 2.76 bits per heavy atom. The summed E-state index contributed by atoms with van der Waals surface area (Å²) in [6.07, 6.45) is 6.04. The fourth-order valence-corrected chi connectivity index (χ4v) is 2.54. The van der Waals surface area contributed by atoms with Crippen molar-refractivity contribution in [3.63, 3.8) is 0 Å². The number of hydrogen-bond donors (Lipinski definition) is 1. The second kappa shape index (κ2) is 3.40. The minimum atomic E-state index is -0.283. The average molecular weight is 347 g/mol. The number of nitrogens with zero attached hydrogens (tertiary/aromatic N) is 1. The van der Waals surface area contributed by atoms with E-state index in [4.69, 9.17) is 4.74 Å². The van der Waals surface area contributed by atoms with Crippen LogP contribution < -0.4 is 0 Å². The van der Waals surface area contributed by atoms with Crippen LogP contribution in [-0.4, -0.2) is 31.7 Å². The first-order valence-corrected chi connectivity index (χ1v) is 6.81. The molecule has 1 aliphatic heterocycles. The van der Waals surface area contributed by atoms with Gasteiger partial charge in [0.2, 0.25) is 0 Å². The Kier molecular flexibility index (Phi) is 2.27. The van der Waals surface area contributed by atoms with Gasteiger partial charge in [0.1, 0.15) is 11.4 Å². The number of alkyl halides is 1. The number of allylic oxidation sites excluding steroid dienone is 3. The Bertz CT molecular complexity index is 449. The van der Waals surface area contributed by atoms with Crippen molar-refractivity contribution < 1.29 is 14.6 Å². The summed E-state index contributed by atoms with van der Waals surface area (Å²) in [7, 11) is 0. The van der Waals surface area contributed by atoms with E-state index in [2.05, 4.69) is 22.6 Å². The predicted molar refractivity (Wildman–Crippen MR) is 71.0 cm³/mol.